The fourth-order valence-electron chi connectivity index (χ4n) is 5.66. The Hall–Kier alpha value is -4.89. The fourth-order valence-corrected chi connectivity index (χ4v) is 5.66. The van der Waals surface area contributed by atoms with Crippen LogP contribution in [0.2, 0.25) is 0 Å². The zero-order chi connectivity index (χ0) is 32.2. The molecular formula is C29H26F5N5O6. The molecule has 6 rings (SSSR count). The van der Waals surface area contributed by atoms with Gasteiger partial charge in [0.15, 0.2) is 0 Å². The molecule has 1 saturated carbocycles. The van der Waals surface area contributed by atoms with E-state index in [1.807, 2.05) is 0 Å². The number of ether oxygens (including phenoxy) is 1. The predicted octanol–water partition coefficient (Wildman–Crippen LogP) is 3.64. The van der Waals surface area contributed by atoms with Gasteiger partial charge in [0.1, 0.15) is 23.3 Å². The van der Waals surface area contributed by atoms with E-state index in [-0.39, 0.29) is 35.0 Å². The van der Waals surface area contributed by atoms with Gasteiger partial charge in [-0.1, -0.05) is 0 Å². The Labute approximate surface area is 251 Å². The van der Waals surface area contributed by atoms with E-state index < -0.39 is 59.4 Å². The quantitative estimate of drug-likeness (QED) is 0.378. The predicted molar refractivity (Wildman–Crippen MR) is 151 cm³/mol. The Kier molecular flexibility index (Phi) is 7.53. The summed E-state index contributed by atoms with van der Waals surface area (Å²) in [5.74, 6) is -4.88. The number of fused-ring (bicyclic) bond motifs is 1. The topological polar surface area (TPSA) is 124 Å². The number of hydrogen-bond donors (Lipinski definition) is 2. The molecular weight excluding hydrogens is 609 g/mol. The van der Waals surface area contributed by atoms with Crippen LogP contribution in [-0.4, -0.2) is 79.2 Å². The number of anilines is 3. The third-order valence-corrected chi connectivity index (χ3v) is 8.10. The first-order chi connectivity index (χ1) is 21.3. The molecule has 2 saturated heterocycles. The Morgan fingerprint density at radius 3 is 2.20 bits per heavy atom. The molecule has 2 amide bonds. The minimum atomic E-state index is -5.08. The van der Waals surface area contributed by atoms with E-state index >= 15 is 8.78 Å². The SMILES string of the molecule is O=C(O)c1cn(C2CC2)c2cc(N3CCN(c4ccc(N5CC(CNC(=O)C(F)(F)F)OC5=O)cc4F)CC3)c(F)cc2c1=O. The van der Waals surface area contributed by atoms with E-state index in [2.05, 4.69) is 0 Å². The van der Waals surface area contributed by atoms with E-state index in [9.17, 15) is 37.5 Å². The van der Waals surface area contributed by atoms with Crippen LogP contribution in [0.1, 0.15) is 29.2 Å². The Morgan fingerprint density at radius 2 is 1.60 bits per heavy atom. The second-order valence-electron chi connectivity index (χ2n) is 11.1. The summed E-state index contributed by atoms with van der Waals surface area (Å²) >= 11 is 0. The third-order valence-electron chi connectivity index (χ3n) is 8.10. The molecule has 2 aliphatic heterocycles. The van der Waals surface area contributed by atoms with E-state index in [1.54, 1.807) is 25.8 Å². The van der Waals surface area contributed by atoms with Crippen LogP contribution in [-0.2, 0) is 9.53 Å². The highest BCUT2D eigenvalue weighted by Gasteiger charge is 2.40. The molecule has 1 aliphatic carbocycles. The number of amides is 2. The number of aromatic nitrogens is 1. The van der Waals surface area contributed by atoms with Crippen LogP contribution in [0.5, 0.6) is 0 Å². The number of benzene rings is 2. The van der Waals surface area contributed by atoms with Crippen LogP contribution in [0.3, 0.4) is 0 Å². The molecule has 2 aromatic carbocycles. The lowest BCUT2D eigenvalue weighted by atomic mass is 10.1. The molecule has 0 bridgehead atoms. The van der Waals surface area contributed by atoms with Crippen molar-refractivity contribution in [3.05, 3.63) is 63.9 Å². The van der Waals surface area contributed by atoms with Gasteiger partial charge in [0, 0.05) is 43.8 Å². The third kappa shape index (κ3) is 5.83. The van der Waals surface area contributed by atoms with E-state index in [4.69, 9.17) is 4.74 Å². The maximum atomic E-state index is 15.3. The molecule has 11 nitrogen and oxygen atoms in total. The Bertz CT molecular complexity index is 1770. The van der Waals surface area contributed by atoms with Crippen molar-refractivity contribution < 1.29 is 46.2 Å². The number of nitrogens with one attached hydrogen (secondary N) is 1. The van der Waals surface area contributed by atoms with Crippen LogP contribution in [0.15, 0.2) is 41.3 Å². The summed E-state index contributed by atoms with van der Waals surface area (Å²) < 4.78 is 74.6. The van der Waals surface area contributed by atoms with Crippen molar-refractivity contribution in [2.45, 2.75) is 31.2 Å². The summed E-state index contributed by atoms with van der Waals surface area (Å²) in [6.45, 7) is 0.438. The molecule has 2 N–H and O–H groups in total. The van der Waals surface area contributed by atoms with Gasteiger partial charge < -0.3 is 29.5 Å². The first-order valence-corrected chi connectivity index (χ1v) is 14.1. The number of hydrogen-bond acceptors (Lipinski definition) is 7. The highest BCUT2D eigenvalue weighted by molar-refractivity contribution is 5.94. The number of carbonyl (C=O) groups is 3. The number of carboxylic acid groups (broad SMARTS) is 1. The van der Waals surface area contributed by atoms with Gasteiger partial charge in [-0.25, -0.2) is 18.4 Å². The van der Waals surface area contributed by atoms with Gasteiger partial charge in [0.05, 0.1) is 35.7 Å². The number of carbonyl (C=O) groups excluding carboxylic acids is 2. The van der Waals surface area contributed by atoms with Gasteiger partial charge in [0.2, 0.25) is 5.43 Å². The zero-order valence-electron chi connectivity index (χ0n) is 23.4. The lowest BCUT2D eigenvalue weighted by Crippen LogP contribution is -2.47. The van der Waals surface area contributed by atoms with Crippen molar-refractivity contribution in [2.75, 3.05) is 54.0 Å². The molecule has 3 fully saturated rings. The van der Waals surface area contributed by atoms with E-state index in [0.29, 0.717) is 31.7 Å². The van der Waals surface area contributed by atoms with Gasteiger partial charge in [0.25, 0.3) is 0 Å². The molecule has 45 heavy (non-hydrogen) atoms. The molecule has 1 aromatic heterocycles. The van der Waals surface area contributed by atoms with E-state index in [1.165, 1.54) is 18.3 Å². The van der Waals surface area contributed by atoms with Crippen molar-refractivity contribution in [1.82, 2.24) is 9.88 Å². The molecule has 3 aliphatic rings. The summed E-state index contributed by atoms with van der Waals surface area (Å²) in [5.41, 5.74) is -0.145. The first-order valence-electron chi connectivity index (χ1n) is 14.1. The second kappa shape index (κ2) is 11.2. The van der Waals surface area contributed by atoms with Crippen molar-refractivity contribution in [1.29, 1.82) is 0 Å². The molecule has 1 unspecified atom stereocenters. The number of nitrogens with zero attached hydrogens (tertiary/aromatic N) is 4. The molecule has 16 heteroatoms. The summed E-state index contributed by atoms with van der Waals surface area (Å²) in [6.07, 6.45) is -4.10. The van der Waals surface area contributed by atoms with Crippen LogP contribution in [0.25, 0.3) is 10.9 Å². The number of pyridine rings is 1. The Morgan fingerprint density at radius 1 is 0.956 bits per heavy atom. The van der Waals surface area contributed by atoms with Gasteiger partial charge in [-0.3, -0.25) is 14.5 Å². The molecule has 1 atom stereocenters. The average molecular weight is 636 g/mol. The van der Waals surface area contributed by atoms with Crippen LogP contribution in [0.4, 0.5) is 43.8 Å². The number of alkyl halides is 3. The average Bonchev–Trinajstić information content (AvgIpc) is 3.76. The van der Waals surface area contributed by atoms with Crippen molar-refractivity contribution in [3.8, 4) is 0 Å². The normalized spacial score (nSPS) is 18.8. The summed E-state index contributed by atoms with van der Waals surface area (Å²) in [7, 11) is 0. The van der Waals surface area contributed by atoms with Crippen molar-refractivity contribution in [3.63, 3.8) is 0 Å². The maximum Gasteiger partial charge on any atom is 0.471 e. The Balaban J connectivity index is 1.14. The zero-order valence-corrected chi connectivity index (χ0v) is 23.4. The fraction of sp³-hybridized carbons (Fsp3) is 0.379. The first kappa shape index (κ1) is 30.1. The van der Waals surface area contributed by atoms with Crippen molar-refractivity contribution >= 4 is 45.9 Å². The standard InChI is InChI=1S/C29H26F5N5O6/c30-20-9-16(39-13-17(45-28(39)44)12-35-27(43)29(32,33)34)3-4-22(20)36-5-7-37(8-6-36)24-11-23-18(10-21(24)31)25(40)19(26(41)42)14-38(23)15-1-2-15/h3-4,9-11,14-15,17H,1-2,5-8,12-13H2,(H,35,43)(H,41,42). The number of rotatable bonds is 7. The number of carboxylic acids is 1. The summed E-state index contributed by atoms with van der Waals surface area (Å²) in [4.78, 5) is 52.3. The van der Waals surface area contributed by atoms with Gasteiger partial charge in [-0.15, -0.1) is 0 Å². The number of piperazine rings is 1. The maximum absolute atomic E-state index is 15.3. The number of aromatic carboxylic acids is 1. The minimum Gasteiger partial charge on any atom is -0.477 e. The smallest absolute Gasteiger partial charge is 0.471 e. The summed E-state index contributed by atoms with van der Waals surface area (Å²) in [5, 5.41) is 11.1. The highest BCUT2D eigenvalue weighted by Crippen LogP contribution is 2.38. The van der Waals surface area contributed by atoms with Gasteiger partial charge in [-0.2, -0.15) is 13.2 Å². The van der Waals surface area contributed by atoms with Crippen LogP contribution >= 0.6 is 0 Å². The van der Waals surface area contributed by atoms with Gasteiger partial charge >= 0.3 is 24.1 Å². The lowest BCUT2D eigenvalue weighted by Gasteiger charge is -2.37. The molecule has 0 spiro atoms. The van der Waals surface area contributed by atoms with E-state index in [0.717, 1.165) is 29.9 Å². The molecule has 0 radical (unpaired) electrons. The molecule has 238 valence electrons. The molecule has 3 aromatic rings. The van der Waals surface area contributed by atoms with Crippen LogP contribution in [0, 0.1) is 11.6 Å². The van der Waals surface area contributed by atoms with Crippen molar-refractivity contribution in [2.24, 2.45) is 0 Å². The highest BCUT2D eigenvalue weighted by atomic mass is 19.4. The minimum absolute atomic E-state index is 0.0110. The molecule has 3 heterocycles. The largest absolute Gasteiger partial charge is 0.477 e. The van der Waals surface area contributed by atoms with Crippen LogP contribution < -0.4 is 25.4 Å². The lowest BCUT2D eigenvalue weighted by molar-refractivity contribution is -0.173. The number of halogens is 5. The van der Waals surface area contributed by atoms with Gasteiger partial charge in [-0.05, 0) is 43.2 Å². The number of cyclic esters (lactones) is 1. The monoisotopic (exact) mass is 635 g/mol. The second-order valence-corrected chi connectivity index (χ2v) is 11.1. The summed E-state index contributed by atoms with van der Waals surface area (Å²) in [6, 6.07) is 6.67.